The molecule has 0 unspecified atom stereocenters. The highest BCUT2D eigenvalue weighted by molar-refractivity contribution is 5.85. The lowest BCUT2D eigenvalue weighted by Gasteiger charge is -2.33. The van der Waals surface area contributed by atoms with Crippen LogP contribution in [0.4, 0.5) is 0 Å². The SMILES string of the molecule is CN1CCc2c([nH]c3ccccc23)[C@@H]1c1c(O)n(Cc2ccccc2)c(=O)[nH]c1=O. The molecule has 3 N–H and O–H groups in total. The maximum Gasteiger partial charge on any atom is 0.331 e. The fraction of sp³-hybridized carbons (Fsp3) is 0.217. The lowest BCUT2D eigenvalue weighted by Crippen LogP contribution is -2.40. The average molecular weight is 402 g/mol. The van der Waals surface area contributed by atoms with Crippen LogP contribution in [-0.2, 0) is 13.0 Å². The summed E-state index contributed by atoms with van der Waals surface area (Å²) in [6.07, 6.45) is 0.842. The van der Waals surface area contributed by atoms with Crippen molar-refractivity contribution in [2.45, 2.75) is 19.0 Å². The molecule has 4 aromatic rings. The Morgan fingerprint density at radius 3 is 2.57 bits per heavy atom. The Morgan fingerprint density at radius 1 is 1.03 bits per heavy atom. The van der Waals surface area contributed by atoms with Crippen molar-refractivity contribution in [1.29, 1.82) is 0 Å². The van der Waals surface area contributed by atoms with Crippen LogP contribution in [0.15, 0.2) is 64.2 Å². The predicted molar refractivity (Wildman–Crippen MR) is 115 cm³/mol. The van der Waals surface area contributed by atoms with E-state index in [2.05, 4.69) is 16.0 Å². The van der Waals surface area contributed by atoms with E-state index in [1.807, 2.05) is 60.5 Å². The van der Waals surface area contributed by atoms with E-state index < -0.39 is 17.3 Å². The number of aromatic amines is 2. The van der Waals surface area contributed by atoms with Gasteiger partial charge in [-0.2, -0.15) is 0 Å². The van der Waals surface area contributed by atoms with E-state index in [0.717, 1.165) is 40.7 Å². The van der Waals surface area contributed by atoms with Crippen molar-refractivity contribution in [3.05, 3.63) is 97.8 Å². The average Bonchev–Trinajstić information content (AvgIpc) is 3.12. The van der Waals surface area contributed by atoms with Gasteiger partial charge >= 0.3 is 5.69 Å². The molecule has 1 aliphatic rings. The minimum absolute atomic E-state index is 0.172. The van der Waals surface area contributed by atoms with Gasteiger partial charge in [-0.3, -0.25) is 19.2 Å². The number of para-hydroxylation sites is 1. The van der Waals surface area contributed by atoms with Gasteiger partial charge in [-0.1, -0.05) is 48.5 Å². The number of hydrogen-bond acceptors (Lipinski definition) is 4. The van der Waals surface area contributed by atoms with Crippen LogP contribution in [0.3, 0.4) is 0 Å². The summed E-state index contributed by atoms with van der Waals surface area (Å²) in [6.45, 7) is 0.904. The van der Waals surface area contributed by atoms with Gasteiger partial charge in [-0.25, -0.2) is 4.79 Å². The summed E-state index contributed by atoms with van der Waals surface area (Å²) in [5.41, 5.74) is 2.88. The number of rotatable bonds is 3. The van der Waals surface area contributed by atoms with Crippen LogP contribution in [0.1, 0.15) is 28.4 Å². The Morgan fingerprint density at radius 2 is 1.77 bits per heavy atom. The fourth-order valence-corrected chi connectivity index (χ4v) is 4.46. The molecule has 0 bridgehead atoms. The monoisotopic (exact) mass is 402 g/mol. The normalized spacial score (nSPS) is 16.6. The molecule has 152 valence electrons. The molecule has 0 saturated heterocycles. The van der Waals surface area contributed by atoms with Crippen molar-refractivity contribution in [2.24, 2.45) is 0 Å². The number of nitrogens with one attached hydrogen (secondary N) is 2. The third-order valence-corrected chi connectivity index (χ3v) is 5.94. The second kappa shape index (κ2) is 7.03. The standard InChI is InChI=1S/C23H22N4O3/c1-26-12-11-16-15-9-5-6-10-17(15)24-19(16)20(26)18-21(28)25-23(30)27(22(18)29)13-14-7-3-2-4-8-14/h2-10,20,24,29H,11-13H2,1H3,(H,25,28,30)/t20-/m0/s1. The molecule has 5 rings (SSSR count). The molecule has 30 heavy (non-hydrogen) atoms. The Balaban J connectivity index is 1.70. The lowest BCUT2D eigenvalue weighted by molar-refractivity contribution is 0.250. The molecule has 0 radical (unpaired) electrons. The number of aromatic hydroxyl groups is 1. The third-order valence-electron chi connectivity index (χ3n) is 5.94. The summed E-state index contributed by atoms with van der Waals surface area (Å²) in [4.78, 5) is 33.2. The maximum absolute atomic E-state index is 12.9. The molecule has 3 heterocycles. The topological polar surface area (TPSA) is 94.1 Å². The number of benzene rings is 2. The van der Waals surface area contributed by atoms with Crippen molar-refractivity contribution in [2.75, 3.05) is 13.6 Å². The molecule has 0 fully saturated rings. The Hall–Kier alpha value is -3.58. The van der Waals surface area contributed by atoms with Crippen molar-refractivity contribution in [3.8, 4) is 5.88 Å². The maximum atomic E-state index is 12.9. The number of fused-ring (bicyclic) bond motifs is 3. The van der Waals surface area contributed by atoms with Gasteiger partial charge in [0, 0.05) is 23.1 Å². The second-order valence-electron chi connectivity index (χ2n) is 7.76. The summed E-state index contributed by atoms with van der Waals surface area (Å²) in [6, 6.07) is 16.9. The van der Waals surface area contributed by atoms with E-state index in [4.69, 9.17) is 0 Å². The van der Waals surface area contributed by atoms with E-state index in [9.17, 15) is 14.7 Å². The second-order valence-corrected chi connectivity index (χ2v) is 7.76. The predicted octanol–water partition coefficient (Wildman–Crippen LogP) is 2.35. The van der Waals surface area contributed by atoms with Gasteiger partial charge in [0.25, 0.3) is 5.56 Å². The van der Waals surface area contributed by atoms with Crippen LogP contribution in [0.25, 0.3) is 10.9 Å². The van der Waals surface area contributed by atoms with E-state index in [1.165, 1.54) is 4.57 Å². The third kappa shape index (κ3) is 2.86. The summed E-state index contributed by atoms with van der Waals surface area (Å²) in [5, 5.41) is 12.2. The molecule has 0 saturated carbocycles. The molecular weight excluding hydrogens is 380 g/mol. The first kappa shape index (κ1) is 18.4. The van der Waals surface area contributed by atoms with Gasteiger partial charge in [0.05, 0.1) is 12.6 Å². The minimum atomic E-state index is -0.625. The fourth-order valence-electron chi connectivity index (χ4n) is 4.46. The molecule has 0 aliphatic carbocycles. The van der Waals surface area contributed by atoms with Crippen LogP contribution in [0, 0.1) is 0 Å². The highest BCUT2D eigenvalue weighted by atomic mass is 16.3. The Kier molecular flexibility index (Phi) is 4.33. The number of nitrogens with zero attached hydrogens (tertiary/aromatic N) is 2. The number of H-pyrrole nitrogens is 2. The van der Waals surface area contributed by atoms with Gasteiger partial charge in [-0.15, -0.1) is 0 Å². The summed E-state index contributed by atoms with van der Waals surface area (Å²) < 4.78 is 1.22. The molecule has 7 heteroatoms. The van der Waals surface area contributed by atoms with Gasteiger partial charge in [0.1, 0.15) is 5.56 Å². The molecule has 1 aliphatic heterocycles. The molecule has 2 aromatic carbocycles. The van der Waals surface area contributed by atoms with Crippen molar-refractivity contribution in [1.82, 2.24) is 19.4 Å². The highest BCUT2D eigenvalue weighted by Crippen LogP contribution is 2.38. The molecular formula is C23H22N4O3. The molecule has 1 atom stereocenters. The summed E-state index contributed by atoms with van der Waals surface area (Å²) in [5.74, 6) is -0.295. The van der Waals surface area contributed by atoms with Crippen LogP contribution in [0.2, 0.25) is 0 Å². The number of hydrogen-bond donors (Lipinski definition) is 3. The molecule has 0 amide bonds. The largest absolute Gasteiger partial charge is 0.494 e. The van der Waals surface area contributed by atoms with Gasteiger partial charge in [0.15, 0.2) is 0 Å². The van der Waals surface area contributed by atoms with E-state index in [-0.39, 0.29) is 18.0 Å². The van der Waals surface area contributed by atoms with Crippen LogP contribution in [0.5, 0.6) is 5.88 Å². The zero-order valence-corrected chi connectivity index (χ0v) is 16.6. The molecule has 7 nitrogen and oxygen atoms in total. The van der Waals surface area contributed by atoms with Crippen molar-refractivity contribution >= 4 is 10.9 Å². The van der Waals surface area contributed by atoms with Crippen molar-refractivity contribution in [3.63, 3.8) is 0 Å². The summed E-state index contributed by atoms with van der Waals surface area (Å²) in [7, 11) is 1.92. The first-order valence-electron chi connectivity index (χ1n) is 9.94. The summed E-state index contributed by atoms with van der Waals surface area (Å²) >= 11 is 0. The molecule has 2 aromatic heterocycles. The smallest absolute Gasteiger partial charge is 0.331 e. The zero-order chi connectivity index (χ0) is 20.8. The quantitative estimate of drug-likeness (QED) is 0.490. The first-order chi connectivity index (χ1) is 14.5. The number of aromatic nitrogens is 3. The van der Waals surface area contributed by atoms with Crippen LogP contribution >= 0.6 is 0 Å². The number of likely N-dealkylation sites (N-methyl/N-ethyl adjacent to an activating group) is 1. The highest BCUT2D eigenvalue weighted by Gasteiger charge is 2.34. The van der Waals surface area contributed by atoms with Gasteiger partial charge in [-0.05, 0) is 30.7 Å². The van der Waals surface area contributed by atoms with E-state index in [0.29, 0.717) is 0 Å². The Labute approximate surface area is 172 Å². The van der Waals surface area contributed by atoms with Crippen LogP contribution in [-0.4, -0.2) is 38.1 Å². The zero-order valence-electron chi connectivity index (χ0n) is 16.6. The van der Waals surface area contributed by atoms with Crippen LogP contribution < -0.4 is 11.2 Å². The van der Waals surface area contributed by atoms with E-state index in [1.54, 1.807) is 0 Å². The Bertz CT molecular complexity index is 1350. The van der Waals surface area contributed by atoms with E-state index >= 15 is 0 Å². The minimum Gasteiger partial charge on any atom is -0.494 e. The van der Waals surface area contributed by atoms with Gasteiger partial charge < -0.3 is 10.1 Å². The lowest BCUT2D eigenvalue weighted by atomic mass is 9.94. The van der Waals surface area contributed by atoms with Gasteiger partial charge in [0.2, 0.25) is 5.88 Å². The van der Waals surface area contributed by atoms with Crippen molar-refractivity contribution < 1.29 is 5.11 Å². The first-order valence-corrected chi connectivity index (χ1v) is 9.94. The molecule has 0 spiro atoms.